The van der Waals surface area contributed by atoms with Gasteiger partial charge in [-0.25, -0.2) is 0 Å². The van der Waals surface area contributed by atoms with Crippen LogP contribution in [0.3, 0.4) is 0 Å². The maximum absolute atomic E-state index is 4.22. The van der Waals surface area contributed by atoms with Crippen molar-refractivity contribution >= 4 is 5.69 Å². The van der Waals surface area contributed by atoms with Crippen LogP contribution in [0.4, 0.5) is 5.69 Å². The Morgan fingerprint density at radius 1 is 1.42 bits per heavy atom. The van der Waals surface area contributed by atoms with Crippen molar-refractivity contribution in [3.05, 3.63) is 24.0 Å². The molecule has 1 aromatic heterocycles. The predicted molar refractivity (Wildman–Crippen MR) is 50.4 cm³/mol. The van der Waals surface area contributed by atoms with E-state index in [1.807, 2.05) is 12.4 Å². The topological polar surface area (TPSA) is 16.1 Å². The summed E-state index contributed by atoms with van der Waals surface area (Å²) in [4.78, 5) is 6.58. The van der Waals surface area contributed by atoms with E-state index in [0.29, 0.717) is 0 Å². The minimum atomic E-state index is 1.08. The second kappa shape index (κ2) is 3.13. The first-order valence-corrected chi connectivity index (χ1v) is 4.59. The Balaban J connectivity index is 2.19. The summed E-state index contributed by atoms with van der Waals surface area (Å²) in [5.74, 6) is 0. The van der Waals surface area contributed by atoms with Gasteiger partial charge in [-0.05, 0) is 24.5 Å². The first-order valence-electron chi connectivity index (χ1n) is 4.59. The second-order valence-electron chi connectivity index (χ2n) is 3.25. The van der Waals surface area contributed by atoms with Crippen molar-refractivity contribution in [1.82, 2.24) is 4.98 Å². The van der Waals surface area contributed by atoms with Gasteiger partial charge in [-0.2, -0.15) is 0 Å². The Hall–Kier alpha value is -1.05. The molecule has 0 aliphatic carbocycles. The maximum atomic E-state index is 4.22. The van der Waals surface area contributed by atoms with Crippen LogP contribution in [0.15, 0.2) is 18.5 Å². The van der Waals surface area contributed by atoms with Gasteiger partial charge < -0.3 is 4.90 Å². The SMILES string of the molecule is CCc1cncc(N2CCC2)c1. The van der Waals surface area contributed by atoms with Crippen LogP contribution in [-0.4, -0.2) is 18.1 Å². The van der Waals surface area contributed by atoms with E-state index < -0.39 is 0 Å². The minimum absolute atomic E-state index is 1.08. The van der Waals surface area contributed by atoms with Crippen molar-refractivity contribution in [3.8, 4) is 0 Å². The van der Waals surface area contributed by atoms with Gasteiger partial charge in [-0.3, -0.25) is 4.98 Å². The molecule has 0 unspecified atom stereocenters. The fraction of sp³-hybridized carbons (Fsp3) is 0.500. The standard InChI is InChI=1S/C10H14N2/c1-2-9-6-10(8-11-7-9)12-4-3-5-12/h6-8H,2-5H2,1H3. The molecule has 0 radical (unpaired) electrons. The molecule has 2 nitrogen and oxygen atoms in total. The molecule has 0 spiro atoms. The number of hydrogen-bond donors (Lipinski definition) is 0. The summed E-state index contributed by atoms with van der Waals surface area (Å²) in [5, 5.41) is 0. The predicted octanol–water partition coefficient (Wildman–Crippen LogP) is 1.85. The molecule has 2 rings (SSSR count). The molecule has 1 fully saturated rings. The van der Waals surface area contributed by atoms with Gasteiger partial charge in [-0.15, -0.1) is 0 Å². The largest absolute Gasteiger partial charge is 0.370 e. The van der Waals surface area contributed by atoms with Crippen molar-refractivity contribution in [3.63, 3.8) is 0 Å². The third kappa shape index (κ3) is 1.29. The summed E-state index contributed by atoms with van der Waals surface area (Å²) in [6, 6.07) is 2.24. The average Bonchev–Trinajstić information content (AvgIpc) is 2.02. The van der Waals surface area contributed by atoms with Gasteiger partial charge in [0.05, 0.1) is 11.9 Å². The minimum Gasteiger partial charge on any atom is -0.370 e. The van der Waals surface area contributed by atoms with Crippen LogP contribution < -0.4 is 4.90 Å². The van der Waals surface area contributed by atoms with Gasteiger partial charge >= 0.3 is 0 Å². The number of anilines is 1. The Bertz CT molecular complexity index is 266. The normalized spacial score (nSPS) is 15.9. The first-order chi connectivity index (χ1) is 5.90. The lowest BCUT2D eigenvalue weighted by Gasteiger charge is -2.33. The maximum Gasteiger partial charge on any atom is 0.0555 e. The lowest BCUT2D eigenvalue weighted by Crippen LogP contribution is -2.37. The summed E-state index contributed by atoms with van der Waals surface area (Å²) in [6.45, 7) is 4.57. The molecule has 12 heavy (non-hydrogen) atoms. The zero-order valence-corrected chi connectivity index (χ0v) is 7.45. The van der Waals surface area contributed by atoms with Crippen LogP contribution in [0.25, 0.3) is 0 Å². The summed E-state index contributed by atoms with van der Waals surface area (Å²) < 4.78 is 0. The smallest absolute Gasteiger partial charge is 0.0555 e. The van der Waals surface area contributed by atoms with Crippen molar-refractivity contribution in [1.29, 1.82) is 0 Å². The number of pyridine rings is 1. The first kappa shape index (κ1) is 7.59. The van der Waals surface area contributed by atoms with Crippen LogP contribution in [0, 0.1) is 0 Å². The highest BCUT2D eigenvalue weighted by atomic mass is 15.2. The van der Waals surface area contributed by atoms with E-state index in [-0.39, 0.29) is 0 Å². The Kier molecular flexibility index (Phi) is 1.98. The van der Waals surface area contributed by atoms with Crippen LogP contribution >= 0.6 is 0 Å². The highest BCUT2D eigenvalue weighted by molar-refractivity contribution is 5.47. The van der Waals surface area contributed by atoms with E-state index in [2.05, 4.69) is 22.9 Å². The Morgan fingerprint density at radius 3 is 2.83 bits per heavy atom. The van der Waals surface area contributed by atoms with Gasteiger partial charge in [-0.1, -0.05) is 6.92 Å². The highest BCUT2D eigenvalue weighted by Crippen LogP contribution is 2.20. The highest BCUT2D eigenvalue weighted by Gasteiger charge is 2.14. The molecule has 0 bridgehead atoms. The van der Waals surface area contributed by atoms with E-state index in [9.17, 15) is 0 Å². The molecule has 0 saturated carbocycles. The van der Waals surface area contributed by atoms with Gasteiger partial charge in [0.1, 0.15) is 0 Å². The van der Waals surface area contributed by atoms with Crippen LogP contribution in [0.1, 0.15) is 18.9 Å². The molecular weight excluding hydrogens is 148 g/mol. The summed E-state index contributed by atoms with van der Waals surface area (Å²) in [5.41, 5.74) is 2.62. The van der Waals surface area contributed by atoms with Gasteiger partial charge in [0.15, 0.2) is 0 Å². The molecule has 1 aliphatic heterocycles. The Labute approximate surface area is 73.2 Å². The van der Waals surface area contributed by atoms with Crippen molar-refractivity contribution in [2.75, 3.05) is 18.0 Å². The molecule has 0 amide bonds. The average molecular weight is 162 g/mol. The van der Waals surface area contributed by atoms with E-state index in [4.69, 9.17) is 0 Å². The quantitative estimate of drug-likeness (QED) is 0.659. The lowest BCUT2D eigenvalue weighted by molar-refractivity contribution is 0.616. The van der Waals surface area contributed by atoms with Gasteiger partial charge in [0.2, 0.25) is 0 Å². The second-order valence-corrected chi connectivity index (χ2v) is 3.25. The molecule has 2 heteroatoms. The fourth-order valence-electron chi connectivity index (χ4n) is 1.41. The van der Waals surface area contributed by atoms with Crippen LogP contribution in [-0.2, 0) is 6.42 Å². The molecule has 0 aromatic carbocycles. The fourth-order valence-corrected chi connectivity index (χ4v) is 1.41. The van der Waals surface area contributed by atoms with E-state index in [1.54, 1.807) is 0 Å². The third-order valence-electron chi connectivity index (χ3n) is 2.41. The molecule has 2 heterocycles. The van der Waals surface area contributed by atoms with Gasteiger partial charge in [0.25, 0.3) is 0 Å². The van der Waals surface area contributed by atoms with E-state index in [0.717, 1.165) is 6.42 Å². The summed E-state index contributed by atoms with van der Waals surface area (Å²) in [7, 11) is 0. The number of hydrogen-bond acceptors (Lipinski definition) is 2. The summed E-state index contributed by atoms with van der Waals surface area (Å²) >= 11 is 0. The molecule has 1 aliphatic rings. The van der Waals surface area contributed by atoms with Crippen LogP contribution in [0.2, 0.25) is 0 Å². The van der Waals surface area contributed by atoms with E-state index >= 15 is 0 Å². The monoisotopic (exact) mass is 162 g/mol. The third-order valence-corrected chi connectivity index (χ3v) is 2.41. The molecular formula is C10H14N2. The number of aromatic nitrogens is 1. The number of nitrogens with zero attached hydrogens (tertiary/aromatic N) is 2. The molecule has 1 aromatic rings. The van der Waals surface area contributed by atoms with Crippen molar-refractivity contribution < 1.29 is 0 Å². The molecule has 1 saturated heterocycles. The molecule has 64 valence electrons. The zero-order valence-electron chi connectivity index (χ0n) is 7.45. The molecule has 0 N–H and O–H groups in total. The number of aryl methyl sites for hydroxylation is 1. The number of rotatable bonds is 2. The van der Waals surface area contributed by atoms with Crippen LogP contribution in [0.5, 0.6) is 0 Å². The van der Waals surface area contributed by atoms with E-state index in [1.165, 1.54) is 30.8 Å². The van der Waals surface area contributed by atoms with Crippen molar-refractivity contribution in [2.45, 2.75) is 19.8 Å². The zero-order chi connectivity index (χ0) is 8.39. The van der Waals surface area contributed by atoms with Crippen molar-refractivity contribution in [2.24, 2.45) is 0 Å². The molecule has 0 atom stereocenters. The lowest BCUT2D eigenvalue weighted by atomic mass is 10.1. The summed E-state index contributed by atoms with van der Waals surface area (Å²) in [6.07, 6.45) is 6.31. The Morgan fingerprint density at radius 2 is 2.25 bits per heavy atom. The van der Waals surface area contributed by atoms with Gasteiger partial charge in [0, 0.05) is 19.3 Å².